The number of carboxylic acid groups (broad SMARTS) is 1. The van der Waals surface area contributed by atoms with Gasteiger partial charge in [0, 0.05) is 16.5 Å². The Labute approximate surface area is 130 Å². The van der Waals surface area contributed by atoms with Gasteiger partial charge in [-0.3, -0.25) is 0 Å². The fraction of sp³-hybridized carbons (Fsp3) is 0. The second kappa shape index (κ2) is 5.20. The van der Waals surface area contributed by atoms with E-state index in [1.165, 1.54) is 6.07 Å². The largest absolute Gasteiger partial charge is 0.507 e. The van der Waals surface area contributed by atoms with Gasteiger partial charge in [0.25, 0.3) is 0 Å². The van der Waals surface area contributed by atoms with E-state index in [9.17, 15) is 15.0 Å². The summed E-state index contributed by atoms with van der Waals surface area (Å²) in [5.41, 5.74) is 1.08. The van der Waals surface area contributed by atoms with Crippen LogP contribution in [-0.4, -0.2) is 26.3 Å². The van der Waals surface area contributed by atoms with E-state index in [1.807, 2.05) is 6.07 Å². The van der Waals surface area contributed by atoms with Gasteiger partial charge in [0.05, 0.1) is 0 Å². The first-order valence-corrected chi connectivity index (χ1v) is 6.69. The molecule has 1 aromatic heterocycles. The molecule has 0 atom stereocenters. The Hall–Kier alpha value is -2.79. The van der Waals surface area contributed by atoms with E-state index < -0.39 is 5.97 Å². The van der Waals surface area contributed by atoms with Gasteiger partial charge in [-0.2, -0.15) is 0 Å². The summed E-state index contributed by atoms with van der Waals surface area (Å²) in [5, 5.41) is 29.9. The molecule has 0 aliphatic rings. The summed E-state index contributed by atoms with van der Waals surface area (Å²) in [6.45, 7) is 0. The number of aromatic hydroxyl groups is 2. The number of rotatable bonds is 2. The highest BCUT2D eigenvalue weighted by atomic mass is 35.5. The van der Waals surface area contributed by atoms with E-state index in [1.54, 1.807) is 24.3 Å². The molecule has 1 heterocycles. The Bertz CT molecular complexity index is 908. The van der Waals surface area contributed by atoms with Crippen molar-refractivity contribution >= 4 is 28.5 Å². The van der Waals surface area contributed by atoms with E-state index in [-0.39, 0.29) is 28.1 Å². The number of phenolic OH excluding ortho intramolecular Hbond substituents is 1. The van der Waals surface area contributed by atoms with Gasteiger partial charge in [-0.25, -0.2) is 9.78 Å². The van der Waals surface area contributed by atoms with Gasteiger partial charge in [-0.1, -0.05) is 23.7 Å². The van der Waals surface area contributed by atoms with Gasteiger partial charge in [0.1, 0.15) is 17.0 Å². The second-order valence-corrected chi connectivity index (χ2v) is 5.17. The number of aromatic carboxylic acids is 1. The van der Waals surface area contributed by atoms with Crippen LogP contribution < -0.4 is 0 Å². The molecule has 0 aliphatic heterocycles. The maximum absolute atomic E-state index is 11.0. The van der Waals surface area contributed by atoms with Gasteiger partial charge in [0.2, 0.25) is 0 Å². The minimum absolute atomic E-state index is 0.0307. The summed E-state index contributed by atoms with van der Waals surface area (Å²) in [5.74, 6) is -1.76. The SMILES string of the molecule is O=C(O)c1cc(O)c2cc(-c3cccc(Cl)c3)cc(O)c2n1. The number of aromatic nitrogens is 1. The zero-order valence-electron chi connectivity index (χ0n) is 11.1. The third-order valence-electron chi connectivity index (χ3n) is 3.25. The minimum atomic E-state index is -1.28. The van der Waals surface area contributed by atoms with Crippen molar-refractivity contribution < 1.29 is 20.1 Å². The van der Waals surface area contributed by atoms with E-state index in [0.717, 1.165) is 11.6 Å². The Morgan fingerprint density at radius 2 is 1.77 bits per heavy atom. The molecule has 3 rings (SSSR count). The Morgan fingerprint density at radius 3 is 2.45 bits per heavy atom. The van der Waals surface area contributed by atoms with Gasteiger partial charge < -0.3 is 15.3 Å². The van der Waals surface area contributed by atoms with Crippen LogP contribution in [0.25, 0.3) is 22.0 Å². The van der Waals surface area contributed by atoms with E-state index in [2.05, 4.69) is 4.98 Å². The zero-order chi connectivity index (χ0) is 15.9. The van der Waals surface area contributed by atoms with Crippen LogP contribution in [0.2, 0.25) is 5.02 Å². The van der Waals surface area contributed by atoms with Crippen LogP contribution >= 0.6 is 11.6 Å². The number of hydrogen-bond acceptors (Lipinski definition) is 4. The molecule has 0 radical (unpaired) electrons. The predicted molar refractivity (Wildman–Crippen MR) is 82.5 cm³/mol. The maximum atomic E-state index is 11.0. The molecule has 6 heteroatoms. The molecule has 5 nitrogen and oxygen atoms in total. The summed E-state index contributed by atoms with van der Waals surface area (Å²) >= 11 is 5.95. The van der Waals surface area contributed by atoms with Crippen LogP contribution in [-0.2, 0) is 0 Å². The molecule has 0 saturated carbocycles. The van der Waals surface area contributed by atoms with Crippen molar-refractivity contribution in [3.8, 4) is 22.6 Å². The molecule has 0 bridgehead atoms. The van der Waals surface area contributed by atoms with E-state index >= 15 is 0 Å². The van der Waals surface area contributed by atoms with Crippen molar-refractivity contribution in [1.82, 2.24) is 4.98 Å². The normalized spacial score (nSPS) is 10.8. The highest BCUT2D eigenvalue weighted by Gasteiger charge is 2.14. The lowest BCUT2D eigenvalue weighted by Gasteiger charge is -2.09. The minimum Gasteiger partial charge on any atom is -0.507 e. The van der Waals surface area contributed by atoms with Crippen molar-refractivity contribution in [2.24, 2.45) is 0 Å². The van der Waals surface area contributed by atoms with Crippen LogP contribution in [0.4, 0.5) is 0 Å². The highest BCUT2D eigenvalue weighted by Crippen LogP contribution is 2.35. The number of halogens is 1. The summed E-state index contributed by atoms with van der Waals surface area (Å²) in [6, 6.07) is 11.1. The van der Waals surface area contributed by atoms with Crippen LogP contribution in [0.5, 0.6) is 11.5 Å². The highest BCUT2D eigenvalue weighted by molar-refractivity contribution is 6.30. The molecule has 0 spiro atoms. The van der Waals surface area contributed by atoms with Crippen molar-refractivity contribution in [1.29, 1.82) is 0 Å². The number of phenols is 1. The van der Waals surface area contributed by atoms with Crippen molar-refractivity contribution in [2.75, 3.05) is 0 Å². The lowest BCUT2D eigenvalue weighted by molar-refractivity contribution is 0.0690. The molecule has 3 N–H and O–H groups in total. The summed E-state index contributed by atoms with van der Waals surface area (Å²) in [4.78, 5) is 14.8. The number of pyridine rings is 1. The number of carbonyl (C=O) groups is 1. The first-order valence-electron chi connectivity index (χ1n) is 6.31. The van der Waals surface area contributed by atoms with Crippen LogP contribution in [0.1, 0.15) is 10.5 Å². The van der Waals surface area contributed by atoms with Crippen molar-refractivity contribution in [3.05, 3.63) is 53.2 Å². The Kier molecular flexibility index (Phi) is 3.35. The van der Waals surface area contributed by atoms with Gasteiger partial charge in [0.15, 0.2) is 5.69 Å². The Balaban J connectivity index is 2.27. The number of nitrogens with zero attached hydrogens (tertiary/aromatic N) is 1. The molecule has 22 heavy (non-hydrogen) atoms. The molecule has 0 unspecified atom stereocenters. The fourth-order valence-electron chi connectivity index (χ4n) is 2.24. The number of benzene rings is 2. The van der Waals surface area contributed by atoms with Crippen molar-refractivity contribution in [2.45, 2.75) is 0 Å². The first-order chi connectivity index (χ1) is 10.5. The van der Waals surface area contributed by atoms with Crippen LogP contribution in [0.3, 0.4) is 0 Å². The summed E-state index contributed by atoms with van der Waals surface area (Å²) < 4.78 is 0. The molecule has 3 aromatic rings. The average Bonchev–Trinajstić information content (AvgIpc) is 2.47. The second-order valence-electron chi connectivity index (χ2n) is 4.73. The molecule has 110 valence electrons. The smallest absolute Gasteiger partial charge is 0.354 e. The fourth-order valence-corrected chi connectivity index (χ4v) is 2.43. The summed E-state index contributed by atoms with van der Waals surface area (Å²) in [7, 11) is 0. The molecule has 0 fully saturated rings. The molecular formula is C16H10ClNO4. The van der Waals surface area contributed by atoms with Crippen LogP contribution in [0, 0.1) is 0 Å². The van der Waals surface area contributed by atoms with Gasteiger partial charge in [-0.05, 0) is 35.4 Å². The lowest BCUT2D eigenvalue weighted by atomic mass is 10.0. The number of hydrogen-bond donors (Lipinski definition) is 3. The topological polar surface area (TPSA) is 90.7 Å². The van der Waals surface area contributed by atoms with Gasteiger partial charge >= 0.3 is 5.97 Å². The standard InChI is InChI=1S/C16H10ClNO4/c17-10-3-1-2-8(4-10)9-5-11-13(19)7-12(16(21)22)18-15(11)14(20)6-9/h1-7,20H,(H,18,19)(H,21,22). The van der Waals surface area contributed by atoms with Gasteiger partial charge in [-0.15, -0.1) is 0 Å². The third kappa shape index (κ3) is 2.42. The Morgan fingerprint density at radius 1 is 1.00 bits per heavy atom. The first kappa shape index (κ1) is 14.2. The summed E-state index contributed by atoms with van der Waals surface area (Å²) in [6.07, 6.45) is 0. The molecule has 0 amide bonds. The maximum Gasteiger partial charge on any atom is 0.354 e. The third-order valence-corrected chi connectivity index (χ3v) is 3.48. The average molecular weight is 316 g/mol. The number of carboxylic acids is 1. The monoisotopic (exact) mass is 315 g/mol. The molecule has 0 saturated heterocycles. The van der Waals surface area contributed by atoms with E-state index in [0.29, 0.717) is 10.6 Å². The predicted octanol–water partition coefficient (Wildman–Crippen LogP) is 3.66. The molecular weight excluding hydrogens is 306 g/mol. The van der Waals surface area contributed by atoms with Crippen molar-refractivity contribution in [3.63, 3.8) is 0 Å². The quantitative estimate of drug-likeness (QED) is 0.671. The number of fused-ring (bicyclic) bond motifs is 1. The lowest BCUT2D eigenvalue weighted by Crippen LogP contribution is -2.00. The molecule has 2 aromatic carbocycles. The van der Waals surface area contributed by atoms with Crippen LogP contribution in [0.15, 0.2) is 42.5 Å². The molecule has 0 aliphatic carbocycles. The van der Waals surface area contributed by atoms with E-state index in [4.69, 9.17) is 16.7 Å². The zero-order valence-corrected chi connectivity index (χ0v) is 11.9.